The van der Waals surface area contributed by atoms with E-state index >= 15 is 0 Å². The minimum absolute atomic E-state index is 0.165. The molecule has 0 unspecified atom stereocenters. The summed E-state index contributed by atoms with van der Waals surface area (Å²) in [5.74, 6) is 2.97. The summed E-state index contributed by atoms with van der Waals surface area (Å²) in [4.78, 5) is 18.6. The Labute approximate surface area is 329 Å². The first-order valence-corrected chi connectivity index (χ1v) is 20.3. The van der Waals surface area contributed by atoms with Gasteiger partial charge in [-0.3, -0.25) is 14.6 Å². The van der Waals surface area contributed by atoms with Crippen molar-refractivity contribution in [2.75, 3.05) is 56.2 Å². The molecular formula is C43H55N9O4. The first-order valence-electron chi connectivity index (χ1n) is 20.3. The van der Waals surface area contributed by atoms with Crippen molar-refractivity contribution < 1.29 is 19.0 Å². The Morgan fingerprint density at radius 2 is 1.77 bits per heavy atom. The number of benzene rings is 2. The van der Waals surface area contributed by atoms with Gasteiger partial charge in [-0.2, -0.15) is 5.10 Å². The second-order valence-electron chi connectivity index (χ2n) is 16.3. The monoisotopic (exact) mass is 761 g/mol. The molecule has 0 radical (unpaired) electrons. The van der Waals surface area contributed by atoms with Crippen molar-refractivity contribution in [3.63, 3.8) is 0 Å². The highest BCUT2D eigenvalue weighted by Gasteiger charge is 2.31. The number of rotatable bonds is 10. The van der Waals surface area contributed by atoms with Crippen LogP contribution in [0, 0.1) is 0 Å². The van der Waals surface area contributed by atoms with Crippen molar-refractivity contribution in [1.29, 1.82) is 0 Å². The fourth-order valence-corrected chi connectivity index (χ4v) is 8.07. The average molecular weight is 762 g/mol. The van der Waals surface area contributed by atoms with E-state index in [1.807, 2.05) is 65.2 Å². The molecule has 3 atom stereocenters. The number of nitrogens with one attached hydrogen (secondary N) is 2. The molecule has 5 heterocycles. The number of amides is 2. The molecule has 13 heteroatoms. The van der Waals surface area contributed by atoms with Gasteiger partial charge >= 0.3 is 6.03 Å². The highest BCUT2D eigenvalue weighted by molar-refractivity contribution is 5.89. The molecular weight excluding hydrogens is 707 g/mol. The summed E-state index contributed by atoms with van der Waals surface area (Å²) in [6.45, 7) is 14.5. The third-order valence-corrected chi connectivity index (χ3v) is 11.2. The van der Waals surface area contributed by atoms with Crippen LogP contribution in [0.2, 0.25) is 0 Å². The molecule has 2 fully saturated rings. The summed E-state index contributed by atoms with van der Waals surface area (Å²) in [5.41, 5.74) is 4.37. The highest BCUT2D eigenvalue weighted by Crippen LogP contribution is 2.39. The second-order valence-corrected chi connectivity index (χ2v) is 16.3. The fourth-order valence-electron chi connectivity index (χ4n) is 8.07. The predicted molar refractivity (Wildman–Crippen MR) is 217 cm³/mol. The maximum absolute atomic E-state index is 13.8. The Kier molecular flexibility index (Phi) is 11.1. The molecule has 8 rings (SSSR count). The van der Waals surface area contributed by atoms with Gasteiger partial charge in [-0.1, -0.05) is 51.1 Å². The summed E-state index contributed by atoms with van der Waals surface area (Å²) in [5, 5.41) is 20.4. The molecule has 3 aromatic heterocycles. The van der Waals surface area contributed by atoms with E-state index < -0.39 is 0 Å². The molecule has 2 amide bonds. The van der Waals surface area contributed by atoms with Crippen molar-refractivity contribution in [2.45, 2.75) is 89.8 Å². The van der Waals surface area contributed by atoms with Crippen LogP contribution in [0.25, 0.3) is 11.3 Å². The molecule has 1 aliphatic carbocycles. The number of piperidine rings is 1. The number of aromatic nitrogens is 5. The lowest BCUT2D eigenvalue weighted by Crippen LogP contribution is -2.38. The van der Waals surface area contributed by atoms with Crippen LogP contribution >= 0.6 is 0 Å². The quantitative estimate of drug-likeness (QED) is 0.149. The SMILES string of the molecule is C[C@H]1CCCCN1c1nnc2ccc(O[C@@H]3CC[C@H](NC(=O)Nc4cc(C(C)(C)C)nn4-c4cccc(OCCN5CCCOCC5)c4)c4ccccc43)cn12. The summed E-state index contributed by atoms with van der Waals surface area (Å²) in [6.07, 6.45) is 7.89. The lowest BCUT2D eigenvalue weighted by atomic mass is 9.85. The molecule has 2 N–H and O–H groups in total. The zero-order valence-corrected chi connectivity index (χ0v) is 33.1. The fraction of sp³-hybridized carbons (Fsp3) is 0.488. The number of carbonyl (C=O) groups is 1. The number of fused-ring (bicyclic) bond motifs is 2. The largest absolute Gasteiger partial charge is 0.492 e. The maximum atomic E-state index is 13.8. The standard InChI is InChI=1S/C43H55N9O4/c1-30-11-7-8-21-50(30)42-47-46-39-19-16-33(29-51(39)42)56-37-18-17-36(34-14-5-6-15-35(34)37)44-41(53)45-40-28-38(43(2,3)4)48-52(40)31-12-9-13-32(27-31)55-26-23-49-20-10-24-54-25-22-49/h5-6,9,12-16,19,27-30,36-37H,7-8,10-11,17-18,20-26H2,1-4H3,(H2,44,45,53)/t30-,36-,37+/m0/s1. The Morgan fingerprint density at radius 3 is 2.62 bits per heavy atom. The van der Waals surface area contributed by atoms with E-state index in [9.17, 15) is 4.79 Å². The lowest BCUT2D eigenvalue weighted by Gasteiger charge is -2.33. The Balaban J connectivity index is 0.955. The van der Waals surface area contributed by atoms with Crippen molar-refractivity contribution in [1.82, 2.24) is 34.6 Å². The van der Waals surface area contributed by atoms with E-state index in [1.165, 1.54) is 6.42 Å². The van der Waals surface area contributed by atoms with Crippen LogP contribution in [0.1, 0.15) is 95.2 Å². The van der Waals surface area contributed by atoms with Gasteiger partial charge in [0.25, 0.3) is 0 Å². The third kappa shape index (κ3) is 8.48. The van der Waals surface area contributed by atoms with Gasteiger partial charge in [0, 0.05) is 56.4 Å². The van der Waals surface area contributed by atoms with Gasteiger partial charge in [0.1, 0.15) is 30.0 Å². The normalized spacial score (nSPS) is 20.6. The third-order valence-electron chi connectivity index (χ3n) is 11.2. The molecule has 56 heavy (non-hydrogen) atoms. The van der Waals surface area contributed by atoms with Gasteiger partial charge in [-0.05, 0) is 80.8 Å². The van der Waals surface area contributed by atoms with Crippen LogP contribution in [-0.4, -0.2) is 87.4 Å². The van der Waals surface area contributed by atoms with Crippen molar-refractivity contribution in [3.8, 4) is 17.2 Å². The van der Waals surface area contributed by atoms with Gasteiger partial charge in [0.05, 0.1) is 30.2 Å². The number of hydrogen-bond donors (Lipinski definition) is 2. The topological polar surface area (TPSA) is 123 Å². The maximum Gasteiger partial charge on any atom is 0.320 e. The van der Waals surface area contributed by atoms with Crippen LogP contribution in [0.15, 0.2) is 72.9 Å². The number of carbonyl (C=O) groups excluding carboxylic acids is 1. The van der Waals surface area contributed by atoms with Crippen LogP contribution in [0.4, 0.5) is 16.6 Å². The number of hydrogen-bond acceptors (Lipinski definition) is 9. The Bertz CT molecular complexity index is 2120. The van der Waals surface area contributed by atoms with Crippen LogP contribution in [0.3, 0.4) is 0 Å². The number of urea groups is 1. The molecule has 13 nitrogen and oxygen atoms in total. The molecule has 296 valence electrons. The molecule has 2 aromatic carbocycles. The molecule has 0 spiro atoms. The van der Waals surface area contributed by atoms with E-state index in [2.05, 4.69) is 70.5 Å². The molecule has 2 saturated heterocycles. The van der Waals surface area contributed by atoms with E-state index in [-0.39, 0.29) is 23.6 Å². The van der Waals surface area contributed by atoms with Crippen LogP contribution < -0.4 is 25.0 Å². The predicted octanol–water partition coefficient (Wildman–Crippen LogP) is 7.47. The number of nitrogens with zero attached hydrogens (tertiary/aromatic N) is 7. The molecule has 0 bridgehead atoms. The summed E-state index contributed by atoms with van der Waals surface area (Å²) >= 11 is 0. The van der Waals surface area contributed by atoms with E-state index in [0.29, 0.717) is 18.5 Å². The summed E-state index contributed by atoms with van der Waals surface area (Å²) < 4.78 is 22.3. The number of anilines is 2. The van der Waals surface area contributed by atoms with Crippen molar-refractivity contribution in [2.24, 2.45) is 0 Å². The summed E-state index contributed by atoms with van der Waals surface area (Å²) in [7, 11) is 0. The number of pyridine rings is 1. The van der Waals surface area contributed by atoms with Crippen molar-refractivity contribution in [3.05, 3.63) is 89.7 Å². The van der Waals surface area contributed by atoms with E-state index in [1.54, 1.807) is 4.68 Å². The lowest BCUT2D eigenvalue weighted by molar-refractivity contribution is 0.137. The summed E-state index contributed by atoms with van der Waals surface area (Å²) in [6, 6.07) is 21.9. The molecule has 0 saturated carbocycles. The first-order chi connectivity index (χ1) is 27.2. The highest BCUT2D eigenvalue weighted by atomic mass is 16.5. The minimum atomic E-state index is -0.294. The Hall–Kier alpha value is -5.14. The first kappa shape index (κ1) is 37.8. The van der Waals surface area contributed by atoms with Crippen molar-refractivity contribution >= 4 is 23.4 Å². The molecule has 5 aromatic rings. The smallest absolute Gasteiger partial charge is 0.320 e. The van der Waals surface area contributed by atoms with Gasteiger partial charge in [0.15, 0.2) is 5.65 Å². The van der Waals surface area contributed by atoms with E-state index in [0.717, 1.165) is 117 Å². The second kappa shape index (κ2) is 16.5. The van der Waals surface area contributed by atoms with Crippen LogP contribution in [0.5, 0.6) is 11.5 Å². The molecule has 3 aliphatic rings. The van der Waals surface area contributed by atoms with Gasteiger partial charge in [-0.15, -0.1) is 10.2 Å². The molecule has 2 aliphatic heterocycles. The zero-order valence-electron chi connectivity index (χ0n) is 33.1. The zero-order chi connectivity index (χ0) is 38.6. The van der Waals surface area contributed by atoms with E-state index in [4.69, 9.17) is 19.3 Å². The average Bonchev–Trinajstić information content (AvgIpc) is 3.72. The van der Waals surface area contributed by atoms with Gasteiger partial charge in [-0.25, -0.2) is 9.48 Å². The van der Waals surface area contributed by atoms with Crippen LogP contribution in [-0.2, 0) is 10.2 Å². The Morgan fingerprint density at radius 1 is 0.893 bits per heavy atom. The van der Waals surface area contributed by atoms with Gasteiger partial charge < -0.3 is 24.4 Å². The van der Waals surface area contributed by atoms with Gasteiger partial charge in [0.2, 0.25) is 5.95 Å². The number of ether oxygens (including phenoxy) is 3. The minimum Gasteiger partial charge on any atom is -0.492 e.